The molecule has 4 N–H and O–H groups in total. The predicted octanol–water partition coefficient (Wildman–Crippen LogP) is 9.68. The molecule has 0 spiro atoms. The van der Waals surface area contributed by atoms with E-state index in [1.165, 1.54) is 39.8 Å². The second-order valence-electron chi connectivity index (χ2n) is 15.6. The molecule has 0 saturated heterocycles. The standard InChI is InChI=1S/C53H48N4O10/c1-33(58)54-49(31-37-7-19-43(20-8-37)64-35(3)60)51(62)56-41-15-27-47(28-16-41)66-45-23-11-39(12-24-45)53(5,6)40-13-25-46(26-14-40)67-48-29-17-42(18-30-48)57-52(63)50(55-34(2)59)32-38-9-21-44(22-10-38)65-36(4)61/h7-32H,1-6H3,(H,54,58)(H,55,59)(H,56,62)(H,57,63). The Labute approximate surface area is 387 Å². The minimum atomic E-state index is -0.530. The molecule has 0 aliphatic carbocycles. The highest BCUT2D eigenvalue weighted by molar-refractivity contribution is 6.09. The van der Waals surface area contributed by atoms with Gasteiger partial charge in [0.2, 0.25) is 11.8 Å². The van der Waals surface area contributed by atoms with E-state index in [2.05, 4.69) is 35.1 Å². The zero-order valence-electron chi connectivity index (χ0n) is 37.6. The van der Waals surface area contributed by atoms with E-state index in [1.54, 1.807) is 97.1 Å². The molecule has 0 aliphatic heterocycles. The zero-order chi connectivity index (χ0) is 48.1. The Kier molecular flexibility index (Phi) is 15.5. The molecule has 0 atom stereocenters. The van der Waals surface area contributed by atoms with Crippen molar-refractivity contribution in [3.8, 4) is 34.5 Å². The lowest BCUT2D eigenvalue weighted by Crippen LogP contribution is -2.28. The number of anilines is 2. The summed E-state index contributed by atoms with van der Waals surface area (Å²) in [5.41, 5.74) is 4.00. The van der Waals surface area contributed by atoms with Gasteiger partial charge in [0.15, 0.2) is 0 Å². The summed E-state index contributed by atoms with van der Waals surface area (Å²) in [6.45, 7) is 9.47. The summed E-state index contributed by atoms with van der Waals surface area (Å²) in [5, 5.41) is 10.7. The Bertz CT molecular complexity index is 2620. The topological polar surface area (TPSA) is 187 Å². The average molecular weight is 901 g/mol. The van der Waals surface area contributed by atoms with E-state index >= 15 is 0 Å². The van der Waals surface area contributed by atoms with Crippen LogP contribution in [0, 0.1) is 0 Å². The van der Waals surface area contributed by atoms with Crippen molar-refractivity contribution in [2.24, 2.45) is 0 Å². The Balaban J connectivity index is 1.02. The summed E-state index contributed by atoms with van der Waals surface area (Å²) < 4.78 is 22.3. The fourth-order valence-corrected chi connectivity index (χ4v) is 6.55. The number of esters is 2. The molecule has 0 aliphatic rings. The molecule has 6 aromatic rings. The van der Waals surface area contributed by atoms with Crippen molar-refractivity contribution in [2.45, 2.75) is 47.0 Å². The van der Waals surface area contributed by atoms with Gasteiger partial charge in [-0.25, -0.2) is 0 Å². The number of nitrogens with one attached hydrogen (secondary N) is 4. The maximum absolute atomic E-state index is 13.2. The molecular formula is C53H48N4O10. The van der Waals surface area contributed by atoms with Crippen LogP contribution in [0.15, 0.2) is 157 Å². The zero-order valence-corrected chi connectivity index (χ0v) is 37.6. The van der Waals surface area contributed by atoms with Crippen LogP contribution >= 0.6 is 0 Å². The SMILES string of the molecule is CC(=O)NC(=Cc1ccc(OC(C)=O)cc1)C(=O)Nc1ccc(Oc2ccc(C(C)(C)c3ccc(Oc4ccc(NC(=O)C(=Cc5ccc(OC(C)=O)cc5)NC(C)=O)cc4)cc3)cc2)cc1. The molecule has 0 saturated carbocycles. The van der Waals surface area contributed by atoms with Crippen molar-refractivity contribution < 1.29 is 47.7 Å². The van der Waals surface area contributed by atoms with Gasteiger partial charge in [0.05, 0.1) is 0 Å². The first kappa shape index (κ1) is 47.7. The van der Waals surface area contributed by atoms with Crippen molar-refractivity contribution in [3.05, 3.63) is 179 Å². The van der Waals surface area contributed by atoms with Crippen molar-refractivity contribution in [3.63, 3.8) is 0 Å². The van der Waals surface area contributed by atoms with Gasteiger partial charge in [-0.15, -0.1) is 0 Å². The van der Waals surface area contributed by atoms with E-state index in [4.69, 9.17) is 18.9 Å². The highest BCUT2D eigenvalue weighted by atomic mass is 16.5. The molecule has 0 fully saturated rings. The quantitative estimate of drug-likeness (QED) is 0.0414. The molecule has 6 aromatic carbocycles. The first-order chi connectivity index (χ1) is 32.0. The summed E-state index contributed by atoms with van der Waals surface area (Å²) in [6, 6.07) is 42.2. The Morgan fingerprint density at radius 2 is 0.687 bits per heavy atom. The number of carbonyl (C=O) groups is 6. The maximum Gasteiger partial charge on any atom is 0.308 e. The molecule has 14 heteroatoms. The van der Waals surface area contributed by atoms with Crippen LogP contribution in [0.3, 0.4) is 0 Å². The lowest BCUT2D eigenvalue weighted by atomic mass is 9.78. The third kappa shape index (κ3) is 14.1. The minimum absolute atomic E-state index is 0.0308. The van der Waals surface area contributed by atoms with Gasteiger partial charge in [0.25, 0.3) is 11.8 Å². The highest BCUT2D eigenvalue weighted by Gasteiger charge is 2.23. The van der Waals surface area contributed by atoms with Crippen molar-refractivity contribution in [1.82, 2.24) is 10.6 Å². The molecule has 67 heavy (non-hydrogen) atoms. The van der Waals surface area contributed by atoms with Crippen LogP contribution in [0.25, 0.3) is 12.2 Å². The summed E-state index contributed by atoms with van der Waals surface area (Å²) in [4.78, 5) is 72.5. The van der Waals surface area contributed by atoms with Crippen LogP contribution in [0.2, 0.25) is 0 Å². The number of rotatable bonds is 16. The molecule has 0 aromatic heterocycles. The van der Waals surface area contributed by atoms with Gasteiger partial charge in [-0.2, -0.15) is 0 Å². The lowest BCUT2D eigenvalue weighted by molar-refractivity contribution is -0.132. The van der Waals surface area contributed by atoms with Crippen LogP contribution in [0.1, 0.15) is 63.8 Å². The second kappa shape index (κ2) is 21.7. The van der Waals surface area contributed by atoms with Gasteiger partial charge >= 0.3 is 11.9 Å². The summed E-state index contributed by atoms with van der Waals surface area (Å²) in [5.74, 6) is 0.277. The average Bonchev–Trinajstić information content (AvgIpc) is 3.28. The maximum atomic E-state index is 13.2. The predicted molar refractivity (Wildman–Crippen MR) is 254 cm³/mol. The molecule has 4 amide bonds. The monoisotopic (exact) mass is 900 g/mol. The van der Waals surface area contributed by atoms with Crippen LogP contribution in [-0.4, -0.2) is 35.6 Å². The lowest BCUT2D eigenvalue weighted by Gasteiger charge is -2.26. The van der Waals surface area contributed by atoms with Crippen molar-refractivity contribution in [1.29, 1.82) is 0 Å². The summed E-state index contributed by atoms with van der Waals surface area (Å²) in [6.07, 6.45) is 3.03. The van der Waals surface area contributed by atoms with E-state index in [9.17, 15) is 28.8 Å². The smallest absolute Gasteiger partial charge is 0.308 e. The highest BCUT2D eigenvalue weighted by Crippen LogP contribution is 2.35. The fraction of sp³-hybridized carbons (Fsp3) is 0.132. The first-order valence-electron chi connectivity index (χ1n) is 20.9. The minimum Gasteiger partial charge on any atom is -0.457 e. The van der Waals surface area contributed by atoms with Crippen LogP contribution in [0.4, 0.5) is 11.4 Å². The van der Waals surface area contributed by atoms with Gasteiger partial charge in [-0.1, -0.05) is 62.4 Å². The molecular weight excluding hydrogens is 853 g/mol. The molecule has 340 valence electrons. The Morgan fingerprint density at radius 1 is 0.403 bits per heavy atom. The molecule has 6 rings (SSSR count). The van der Waals surface area contributed by atoms with Gasteiger partial charge in [0, 0.05) is 44.5 Å². The van der Waals surface area contributed by atoms with Crippen molar-refractivity contribution >= 4 is 59.1 Å². The molecule has 0 bridgehead atoms. The van der Waals surface area contributed by atoms with E-state index in [0.29, 0.717) is 57.0 Å². The number of hydrogen-bond donors (Lipinski definition) is 4. The first-order valence-corrected chi connectivity index (χ1v) is 20.9. The number of ether oxygens (including phenoxy) is 4. The molecule has 0 radical (unpaired) electrons. The fourth-order valence-electron chi connectivity index (χ4n) is 6.55. The number of benzene rings is 6. The van der Waals surface area contributed by atoms with Crippen LogP contribution < -0.4 is 40.2 Å². The van der Waals surface area contributed by atoms with Crippen LogP contribution in [0.5, 0.6) is 34.5 Å². The summed E-state index contributed by atoms with van der Waals surface area (Å²) >= 11 is 0. The normalized spacial score (nSPS) is 11.4. The number of carbonyl (C=O) groups excluding carboxylic acids is 6. The van der Waals surface area contributed by atoms with Gasteiger partial charge in [-0.05, 0) is 131 Å². The molecule has 14 nitrogen and oxygen atoms in total. The van der Waals surface area contributed by atoms with E-state index < -0.39 is 35.6 Å². The van der Waals surface area contributed by atoms with Gasteiger partial charge in [-0.3, -0.25) is 28.8 Å². The van der Waals surface area contributed by atoms with E-state index in [1.807, 2.05) is 48.5 Å². The third-order valence-corrected chi connectivity index (χ3v) is 9.86. The third-order valence-electron chi connectivity index (χ3n) is 9.86. The Morgan fingerprint density at radius 3 is 0.970 bits per heavy atom. The van der Waals surface area contributed by atoms with Crippen LogP contribution in [-0.2, 0) is 34.2 Å². The van der Waals surface area contributed by atoms with E-state index in [0.717, 1.165) is 11.1 Å². The van der Waals surface area contributed by atoms with Crippen molar-refractivity contribution in [2.75, 3.05) is 10.6 Å². The molecule has 0 unspecified atom stereocenters. The molecule has 0 heterocycles. The summed E-state index contributed by atoms with van der Waals surface area (Å²) in [7, 11) is 0. The Hall–Kier alpha value is -8.78. The largest absolute Gasteiger partial charge is 0.457 e. The number of amides is 4. The van der Waals surface area contributed by atoms with E-state index in [-0.39, 0.29) is 16.8 Å². The second-order valence-corrected chi connectivity index (χ2v) is 15.6. The van der Waals surface area contributed by atoms with Gasteiger partial charge in [0.1, 0.15) is 45.9 Å². The van der Waals surface area contributed by atoms with Gasteiger partial charge < -0.3 is 40.2 Å². The number of hydrogen-bond acceptors (Lipinski definition) is 10.